The van der Waals surface area contributed by atoms with Crippen LogP contribution in [-0.2, 0) is 6.54 Å². The average Bonchev–Trinajstić information content (AvgIpc) is 3.26. The summed E-state index contributed by atoms with van der Waals surface area (Å²) < 4.78 is 32.6. The molecule has 21 heavy (non-hydrogen) atoms. The Bertz CT molecular complexity index is 662. The molecule has 1 aliphatic carbocycles. The molecule has 0 bridgehead atoms. The van der Waals surface area contributed by atoms with Crippen molar-refractivity contribution in [3.05, 3.63) is 52.1 Å². The number of halogens is 3. The van der Waals surface area contributed by atoms with Crippen molar-refractivity contribution in [1.29, 1.82) is 0 Å². The van der Waals surface area contributed by atoms with Gasteiger partial charge >= 0.3 is 0 Å². The largest absolute Gasteiger partial charge is 0.438 e. The maximum absolute atomic E-state index is 13.4. The van der Waals surface area contributed by atoms with Crippen molar-refractivity contribution in [1.82, 2.24) is 10.3 Å². The topological polar surface area (TPSA) is 34.1 Å². The number of nitrogens with one attached hydrogen (secondary N) is 1. The number of hydrogen-bond donors (Lipinski definition) is 1. The lowest BCUT2D eigenvalue weighted by atomic mass is 10.2. The van der Waals surface area contributed by atoms with E-state index in [0.29, 0.717) is 34.3 Å². The number of ether oxygens (including phenoxy) is 1. The Morgan fingerprint density at radius 3 is 2.76 bits per heavy atom. The van der Waals surface area contributed by atoms with Gasteiger partial charge in [0.1, 0.15) is 17.4 Å². The molecule has 1 aliphatic rings. The third-order valence-electron chi connectivity index (χ3n) is 3.15. The van der Waals surface area contributed by atoms with Gasteiger partial charge in [-0.25, -0.2) is 13.8 Å². The number of hydrogen-bond acceptors (Lipinski definition) is 3. The zero-order valence-corrected chi connectivity index (χ0v) is 12.7. The molecule has 1 heterocycles. The Morgan fingerprint density at radius 2 is 2.05 bits per heavy atom. The standard InChI is InChI=1S/C15H13BrF2N2O/c16-13-6-10(17)1-4-14(13)21-15-9(5-11(18)8-20-15)7-19-12-2-3-12/h1,4-6,8,12,19H,2-3,7H2. The SMILES string of the molecule is Fc1ccc(Oc2ncc(F)cc2CNC2CC2)c(Br)c1. The first-order valence-corrected chi connectivity index (χ1v) is 7.42. The van der Waals surface area contributed by atoms with Gasteiger partial charge in [0.2, 0.25) is 5.88 Å². The van der Waals surface area contributed by atoms with E-state index in [-0.39, 0.29) is 5.82 Å². The average molecular weight is 355 g/mol. The van der Waals surface area contributed by atoms with Gasteiger partial charge in [0.05, 0.1) is 10.7 Å². The molecular formula is C15H13BrF2N2O. The molecule has 3 nitrogen and oxygen atoms in total. The fourth-order valence-corrected chi connectivity index (χ4v) is 2.32. The minimum absolute atomic E-state index is 0.317. The first kappa shape index (κ1) is 14.4. The van der Waals surface area contributed by atoms with Gasteiger partial charge in [-0.2, -0.15) is 0 Å². The van der Waals surface area contributed by atoms with Crippen LogP contribution in [0.4, 0.5) is 8.78 Å². The molecule has 0 amide bonds. The van der Waals surface area contributed by atoms with E-state index in [0.717, 1.165) is 19.0 Å². The summed E-state index contributed by atoms with van der Waals surface area (Å²) in [6.07, 6.45) is 3.39. The molecule has 0 aliphatic heterocycles. The van der Waals surface area contributed by atoms with E-state index in [1.807, 2.05) is 0 Å². The van der Waals surface area contributed by atoms with Crippen molar-refractivity contribution < 1.29 is 13.5 Å². The summed E-state index contributed by atoms with van der Waals surface area (Å²) in [5.41, 5.74) is 0.637. The molecule has 2 aromatic rings. The van der Waals surface area contributed by atoms with Gasteiger partial charge in [-0.1, -0.05) is 0 Å². The number of rotatable bonds is 5. The molecule has 0 atom stereocenters. The zero-order valence-electron chi connectivity index (χ0n) is 11.1. The minimum atomic E-state index is -0.409. The third kappa shape index (κ3) is 3.77. The predicted octanol–water partition coefficient (Wildman–Crippen LogP) is 4.17. The molecule has 0 saturated heterocycles. The van der Waals surface area contributed by atoms with E-state index in [9.17, 15) is 8.78 Å². The third-order valence-corrected chi connectivity index (χ3v) is 3.77. The molecular weight excluding hydrogens is 342 g/mol. The van der Waals surface area contributed by atoms with Crippen LogP contribution < -0.4 is 10.1 Å². The molecule has 0 spiro atoms. The van der Waals surface area contributed by atoms with Crippen molar-refractivity contribution in [3.63, 3.8) is 0 Å². The number of nitrogens with zero attached hydrogens (tertiary/aromatic N) is 1. The smallest absolute Gasteiger partial charge is 0.223 e. The van der Waals surface area contributed by atoms with Crippen LogP contribution >= 0.6 is 15.9 Å². The molecule has 6 heteroatoms. The summed E-state index contributed by atoms with van der Waals surface area (Å²) >= 11 is 3.23. The summed E-state index contributed by atoms with van der Waals surface area (Å²) in [7, 11) is 0. The molecule has 0 radical (unpaired) electrons. The second-order valence-corrected chi connectivity index (χ2v) is 5.80. The lowest BCUT2D eigenvalue weighted by Gasteiger charge is -2.12. The fourth-order valence-electron chi connectivity index (χ4n) is 1.89. The van der Waals surface area contributed by atoms with Gasteiger partial charge in [0.25, 0.3) is 0 Å². The highest BCUT2D eigenvalue weighted by atomic mass is 79.9. The second-order valence-electron chi connectivity index (χ2n) is 4.95. The Balaban J connectivity index is 1.82. The maximum atomic E-state index is 13.4. The number of benzene rings is 1. The van der Waals surface area contributed by atoms with E-state index < -0.39 is 5.82 Å². The van der Waals surface area contributed by atoms with E-state index in [1.165, 1.54) is 24.3 Å². The summed E-state index contributed by atoms with van der Waals surface area (Å²) in [6.45, 7) is 0.490. The number of pyridine rings is 1. The van der Waals surface area contributed by atoms with Crippen LogP contribution in [0.25, 0.3) is 0 Å². The lowest BCUT2D eigenvalue weighted by Crippen LogP contribution is -2.16. The van der Waals surface area contributed by atoms with Gasteiger partial charge in [0, 0.05) is 18.2 Å². The normalized spacial score (nSPS) is 14.2. The Kier molecular flexibility index (Phi) is 4.17. The molecule has 1 aromatic heterocycles. The molecule has 110 valence electrons. The Hall–Kier alpha value is -1.53. The molecule has 1 fully saturated rings. The van der Waals surface area contributed by atoms with Crippen LogP contribution in [0.1, 0.15) is 18.4 Å². The second kappa shape index (κ2) is 6.07. The Labute approximate surface area is 129 Å². The van der Waals surface area contributed by atoms with Gasteiger partial charge in [-0.3, -0.25) is 0 Å². The van der Waals surface area contributed by atoms with Crippen molar-refractivity contribution in [3.8, 4) is 11.6 Å². The highest BCUT2D eigenvalue weighted by Gasteiger charge is 2.21. The van der Waals surface area contributed by atoms with E-state index in [1.54, 1.807) is 0 Å². The van der Waals surface area contributed by atoms with E-state index >= 15 is 0 Å². The van der Waals surface area contributed by atoms with Crippen LogP contribution in [0.2, 0.25) is 0 Å². The van der Waals surface area contributed by atoms with Crippen LogP contribution in [0, 0.1) is 11.6 Å². The van der Waals surface area contributed by atoms with Crippen molar-refractivity contribution in [2.45, 2.75) is 25.4 Å². The van der Waals surface area contributed by atoms with Crippen molar-refractivity contribution in [2.24, 2.45) is 0 Å². The molecule has 3 rings (SSSR count). The molecule has 1 N–H and O–H groups in total. The monoisotopic (exact) mass is 354 g/mol. The van der Waals surface area contributed by atoms with E-state index in [4.69, 9.17) is 4.74 Å². The first-order chi connectivity index (χ1) is 10.1. The number of aromatic nitrogens is 1. The Morgan fingerprint density at radius 1 is 1.24 bits per heavy atom. The summed E-state index contributed by atoms with van der Waals surface area (Å²) in [4.78, 5) is 3.98. The summed E-state index contributed by atoms with van der Waals surface area (Å²) in [5, 5.41) is 3.29. The zero-order chi connectivity index (χ0) is 14.8. The van der Waals surface area contributed by atoms with Gasteiger partial charge < -0.3 is 10.1 Å². The van der Waals surface area contributed by atoms with Crippen molar-refractivity contribution in [2.75, 3.05) is 0 Å². The van der Waals surface area contributed by atoms with Gasteiger partial charge in [0.15, 0.2) is 0 Å². The summed E-state index contributed by atoms with van der Waals surface area (Å²) in [5.74, 6) is -0.0231. The first-order valence-electron chi connectivity index (χ1n) is 6.62. The maximum Gasteiger partial charge on any atom is 0.223 e. The summed E-state index contributed by atoms with van der Waals surface area (Å²) in [6, 6.07) is 6.00. The fraction of sp³-hybridized carbons (Fsp3) is 0.267. The van der Waals surface area contributed by atoms with Gasteiger partial charge in [-0.15, -0.1) is 0 Å². The molecule has 0 unspecified atom stereocenters. The van der Waals surface area contributed by atoms with Crippen LogP contribution in [-0.4, -0.2) is 11.0 Å². The quantitative estimate of drug-likeness (QED) is 0.874. The minimum Gasteiger partial charge on any atom is -0.438 e. The highest BCUT2D eigenvalue weighted by Crippen LogP contribution is 2.31. The van der Waals surface area contributed by atoms with Crippen LogP contribution in [0.5, 0.6) is 11.6 Å². The van der Waals surface area contributed by atoms with Crippen LogP contribution in [0.15, 0.2) is 34.9 Å². The highest BCUT2D eigenvalue weighted by molar-refractivity contribution is 9.10. The molecule has 1 saturated carbocycles. The van der Waals surface area contributed by atoms with Gasteiger partial charge in [-0.05, 0) is 53.0 Å². The van der Waals surface area contributed by atoms with Crippen molar-refractivity contribution >= 4 is 15.9 Å². The predicted molar refractivity (Wildman–Crippen MR) is 78.2 cm³/mol. The van der Waals surface area contributed by atoms with Crippen LogP contribution in [0.3, 0.4) is 0 Å². The lowest BCUT2D eigenvalue weighted by molar-refractivity contribution is 0.444. The molecule has 1 aromatic carbocycles. The van der Waals surface area contributed by atoms with E-state index in [2.05, 4.69) is 26.2 Å².